The van der Waals surface area contributed by atoms with Gasteiger partial charge in [-0.05, 0) is 36.2 Å². The number of aromatic amines is 1. The van der Waals surface area contributed by atoms with Crippen LogP contribution in [0.1, 0.15) is 126 Å². The van der Waals surface area contributed by atoms with Gasteiger partial charge in [-0.1, -0.05) is 103 Å². The van der Waals surface area contributed by atoms with E-state index >= 15 is 0 Å². The number of rotatable bonds is 30. The van der Waals surface area contributed by atoms with Crippen molar-refractivity contribution >= 4 is 20.0 Å². The Bertz CT molecular complexity index is 1670. The van der Waals surface area contributed by atoms with Crippen LogP contribution < -0.4 is 5.73 Å². The molecule has 0 radical (unpaired) electrons. The minimum Gasteiger partial charge on any atom is -0.387 e. The van der Waals surface area contributed by atoms with Crippen LogP contribution in [0.2, 0.25) is 0 Å². The van der Waals surface area contributed by atoms with Gasteiger partial charge in [0, 0.05) is 6.61 Å². The van der Waals surface area contributed by atoms with Crippen molar-refractivity contribution in [3.63, 3.8) is 0 Å². The second-order valence-corrected chi connectivity index (χ2v) is 15.8. The summed E-state index contributed by atoms with van der Waals surface area (Å²) >= 11 is 0. The Morgan fingerprint density at radius 3 is 2.23 bits per heavy atom. The van der Waals surface area contributed by atoms with Crippen LogP contribution in [-0.2, 0) is 40.0 Å². The summed E-state index contributed by atoms with van der Waals surface area (Å²) < 4.78 is 54.9. The molecule has 15 nitrogen and oxygen atoms in total. The Morgan fingerprint density at radius 2 is 1.65 bits per heavy atom. The fourth-order valence-electron chi connectivity index (χ4n) is 6.50. The lowest BCUT2D eigenvalue weighted by Gasteiger charge is -2.23. The van der Waals surface area contributed by atoms with Crippen molar-refractivity contribution in [2.24, 2.45) is 10.7 Å². The Balaban J connectivity index is 1.45. The molecule has 7 N–H and O–H groups in total. The number of aromatic nitrogens is 1. The number of phosphoric acid groups is 1. The molecule has 1 aliphatic rings. The number of aliphatic imine (C=N–C) groups is 1. The maximum Gasteiger partial charge on any atom is 0.472 e. The van der Waals surface area contributed by atoms with E-state index in [1.165, 1.54) is 107 Å². The maximum absolute atomic E-state index is 14.2. The average Bonchev–Trinajstić information content (AvgIpc) is 3.79. The number of amidine groups is 1. The van der Waals surface area contributed by atoms with Crippen LogP contribution in [0.15, 0.2) is 35.3 Å². The van der Waals surface area contributed by atoms with Gasteiger partial charge in [-0.3, -0.25) is 14.5 Å². The third kappa shape index (κ3) is 16.0. The fraction of sp³-hybridized carbons (Fsp3) is 0.650. The van der Waals surface area contributed by atoms with Crippen molar-refractivity contribution in [3.8, 4) is 12.1 Å². The standard InChI is InChI=1S/C40H60FN6O9P/c1-2-3-4-5-6-7-8-9-10-11-12-13-14-15-16-21-52-25-32(53-24-30-17-18-31(23-42)33(41)22-30)26-54-57(50,51)55-27-35-37(48)38(49)40(28-43,56-35)36-20-19-34(47-36)39(45)46-29-44/h17-20,22,29,32,35,37-38,47-49H,2-16,21,24-27H2,1H3,(H,50,51)(H3,44,45,46)/t32-,35-,37-,38-,40+/m1/s1. The summed E-state index contributed by atoms with van der Waals surface area (Å²) in [6, 6.07) is 10.5. The summed E-state index contributed by atoms with van der Waals surface area (Å²) in [6.45, 7) is 1.35. The van der Waals surface area contributed by atoms with Gasteiger partial charge in [0.2, 0.25) is 5.60 Å². The minimum atomic E-state index is -4.82. The summed E-state index contributed by atoms with van der Waals surface area (Å²) in [5, 5.41) is 47.7. The van der Waals surface area contributed by atoms with Gasteiger partial charge in [-0.15, -0.1) is 0 Å². The van der Waals surface area contributed by atoms with Crippen LogP contribution in [0.25, 0.3) is 0 Å². The first kappa shape index (κ1) is 47.8. The Hall–Kier alpha value is -3.54. The van der Waals surface area contributed by atoms with Crippen LogP contribution >= 0.6 is 7.82 Å². The SMILES string of the molecule is CCCCCCCCCCCCCCCCCOC[C@H](COP(=O)(O)OC[C@H]1O[C@@](C#N)(c2ccc(C(N)=NC=N)[nH]2)[C@H](O)[C@@H]1O)OCc1ccc(C#N)c(F)c1. The normalized spacial score (nSPS) is 21.2. The van der Waals surface area contributed by atoms with E-state index in [-0.39, 0.29) is 36.0 Å². The fourth-order valence-corrected chi connectivity index (χ4v) is 7.26. The third-order valence-electron chi connectivity index (χ3n) is 9.85. The molecule has 0 amide bonds. The number of nitrogens with two attached hydrogens (primary N) is 1. The molecule has 2 heterocycles. The Morgan fingerprint density at radius 1 is 1.02 bits per heavy atom. The molecule has 6 atom stereocenters. The number of phosphoric ester groups is 1. The molecule has 17 heteroatoms. The van der Waals surface area contributed by atoms with E-state index in [2.05, 4.69) is 16.9 Å². The molecule has 1 saturated heterocycles. The number of halogens is 1. The highest BCUT2D eigenvalue weighted by atomic mass is 31.2. The van der Waals surface area contributed by atoms with Gasteiger partial charge in [0.25, 0.3) is 0 Å². The molecule has 0 spiro atoms. The number of unbranched alkanes of at least 4 members (excludes halogenated alkanes) is 14. The smallest absolute Gasteiger partial charge is 0.387 e. The van der Waals surface area contributed by atoms with E-state index in [0.717, 1.165) is 25.6 Å². The molecule has 3 rings (SSSR count). The second kappa shape index (κ2) is 25.7. The van der Waals surface area contributed by atoms with Gasteiger partial charge in [-0.25, -0.2) is 13.9 Å². The van der Waals surface area contributed by atoms with Gasteiger partial charge < -0.3 is 40.0 Å². The van der Waals surface area contributed by atoms with Gasteiger partial charge in [0.05, 0.1) is 43.4 Å². The number of nitriles is 2. The lowest BCUT2D eigenvalue weighted by atomic mass is 9.93. The van der Waals surface area contributed by atoms with Gasteiger partial charge in [0.1, 0.15) is 54.5 Å². The zero-order valence-electron chi connectivity index (χ0n) is 33.0. The predicted octanol–water partition coefficient (Wildman–Crippen LogP) is 6.78. The largest absolute Gasteiger partial charge is 0.472 e. The van der Waals surface area contributed by atoms with Crippen molar-refractivity contribution in [1.82, 2.24) is 4.98 Å². The Kier molecular flexibility index (Phi) is 21.6. The van der Waals surface area contributed by atoms with E-state index in [0.29, 0.717) is 12.2 Å². The summed E-state index contributed by atoms with van der Waals surface area (Å²) in [6.07, 6.45) is 13.5. The summed E-state index contributed by atoms with van der Waals surface area (Å²) in [4.78, 5) is 16.9. The molecule has 0 bridgehead atoms. The average molecular weight is 819 g/mol. The lowest BCUT2D eigenvalue weighted by Crippen LogP contribution is -2.40. The monoisotopic (exact) mass is 818 g/mol. The van der Waals surface area contributed by atoms with Gasteiger partial charge >= 0.3 is 7.82 Å². The number of ether oxygens (including phenoxy) is 3. The van der Waals surface area contributed by atoms with E-state index in [4.69, 9.17) is 39.7 Å². The number of aliphatic hydroxyl groups is 2. The molecule has 57 heavy (non-hydrogen) atoms. The number of nitrogens with one attached hydrogen (secondary N) is 2. The molecule has 0 saturated carbocycles. The van der Waals surface area contributed by atoms with Gasteiger partial charge in [0.15, 0.2) is 0 Å². The van der Waals surface area contributed by atoms with Crippen LogP contribution in [0.5, 0.6) is 0 Å². The molecule has 1 fully saturated rings. The molecule has 1 aromatic carbocycles. The highest BCUT2D eigenvalue weighted by Gasteiger charge is 2.57. The molecule has 1 aromatic heterocycles. The highest BCUT2D eigenvalue weighted by molar-refractivity contribution is 7.47. The minimum absolute atomic E-state index is 0.00806. The highest BCUT2D eigenvalue weighted by Crippen LogP contribution is 2.46. The Labute approximate surface area is 335 Å². The van der Waals surface area contributed by atoms with E-state index in [9.17, 15) is 29.3 Å². The first-order chi connectivity index (χ1) is 27.5. The lowest BCUT2D eigenvalue weighted by molar-refractivity contribution is -0.0683. The number of aliphatic hydroxyl groups excluding tert-OH is 2. The number of benzene rings is 1. The summed E-state index contributed by atoms with van der Waals surface area (Å²) in [5.41, 5.74) is 4.22. The zero-order chi connectivity index (χ0) is 41.5. The van der Waals surface area contributed by atoms with Gasteiger partial charge in [-0.2, -0.15) is 10.5 Å². The van der Waals surface area contributed by atoms with Crippen molar-refractivity contribution in [3.05, 3.63) is 58.7 Å². The third-order valence-corrected chi connectivity index (χ3v) is 10.8. The van der Waals surface area contributed by atoms with Crippen molar-refractivity contribution in [2.45, 2.75) is 140 Å². The predicted molar refractivity (Wildman–Crippen MR) is 212 cm³/mol. The zero-order valence-corrected chi connectivity index (χ0v) is 33.8. The van der Waals surface area contributed by atoms with Crippen molar-refractivity contribution in [1.29, 1.82) is 15.9 Å². The summed E-state index contributed by atoms with van der Waals surface area (Å²) in [5.74, 6) is -0.777. The van der Waals surface area contributed by atoms with Crippen LogP contribution in [0.4, 0.5) is 4.39 Å². The first-order valence-corrected chi connectivity index (χ1v) is 21.5. The number of hydrogen-bond donors (Lipinski definition) is 6. The number of nitrogens with zero attached hydrogens (tertiary/aromatic N) is 3. The molecule has 1 unspecified atom stereocenters. The number of H-pyrrole nitrogens is 1. The van der Waals surface area contributed by atoms with Crippen LogP contribution in [-0.4, -0.2) is 83.1 Å². The first-order valence-electron chi connectivity index (χ1n) is 20.0. The molecule has 0 aliphatic carbocycles. The topological polar surface area (TPSA) is 250 Å². The molecule has 316 valence electrons. The van der Waals surface area contributed by atoms with E-state index in [1.54, 1.807) is 6.07 Å². The molecular formula is C40H60FN6O9P. The van der Waals surface area contributed by atoms with Crippen molar-refractivity contribution in [2.75, 3.05) is 26.4 Å². The van der Waals surface area contributed by atoms with Crippen LogP contribution in [0.3, 0.4) is 0 Å². The molecule has 2 aromatic rings. The quantitative estimate of drug-likeness (QED) is 0.0207. The maximum atomic E-state index is 14.2. The van der Waals surface area contributed by atoms with E-state index < -0.39 is 56.9 Å². The second-order valence-electron chi connectivity index (χ2n) is 14.3. The molecular weight excluding hydrogens is 758 g/mol. The number of hydrogen-bond acceptors (Lipinski definition) is 11. The summed E-state index contributed by atoms with van der Waals surface area (Å²) in [7, 11) is -4.82. The molecule has 1 aliphatic heterocycles. The van der Waals surface area contributed by atoms with Crippen molar-refractivity contribution < 1.29 is 47.3 Å². The van der Waals surface area contributed by atoms with E-state index in [1.807, 2.05) is 6.07 Å². The van der Waals surface area contributed by atoms with Crippen LogP contribution in [0, 0.1) is 33.9 Å².